The van der Waals surface area contributed by atoms with Gasteiger partial charge in [0.05, 0.1) is 11.2 Å². The quantitative estimate of drug-likeness (QED) is 0.500. The molecule has 0 aromatic carbocycles. The van der Waals surface area contributed by atoms with Crippen LogP contribution < -0.4 is 0 Å². The Balaban J connectivity index is 3.23. The monoisotopic (exact) mass is 199 g/mol. The molecule has 0 aliphatic heterocycles. The summed E-state index contributed by atoms with van der Waals surface area (Å²) in [6, 6.07) is 0. The summed E-state index contributed by atoms with van der Waals surface area (Å²) >= 11 is 0. The summed E-state index contributed by atoms with van der Waals surface area (Å²) in [4.78, 5) is 0. The van der Waals surface area contributed by atoms with Crippen LogP contribution in [0.3, 0.4) is 0 Å². The highest BCUT2D eigenvalue weighted by molar-refractivity contribution is 6.35. The van der Waals surface area contributed by atoms with Gasteiger partial charge in [-0.05, 0) is 41.5 Å². The third-order valence-corrected chi connectivity index (χ3v) is 1.49. The van der Waals surface area contributed by atoms with Gasteiger partial charge in [-0.3, -0.25) is 0 Å². The standard InChI is InChI=1S/C11H24BO2/c1-10(2,3)13-8-7-12-9-14-11(4,5)6/h7-9H2,1-6H3. The van der Waals surface area contributed by atoms with E-state index in [2.05, 4.69) is 48.8 Å². The predicted molar refractivity (Wildman–Crippen MR) is 62.0 cm³/mol. The molecule has 0 N–H and O–H groups in total. The summed E-state index contributed by atoms with van der Waals surface area (Å²) < 4.78 is 11.1. The van der Waals surface area contributed by atoms with Crippen LogP contribution in [0, 0.1) is 0 Å². The summed E-state index contributed by atoms with van der Waals surface area (Å²) in [6.07, 6.45) is 0.952. The van der Waals surface area contributed by atoms with Crippen LogP contribution in [0.5, 0.6) is 0 Å². The summed E-state index contributed by atoms with van der Waals surface area (Å²) in [6.45, 7) is 13.9. The first kappa shape index (κ1) is 14.0. The molecule has 0 amide bonds. The third-order valence-electron chi connectivity index (χ3n) is 1.49. The maximum Gasteiger partial charge on any atom is 0.147 e. The molecular formula is C11H24BO2. The molecule has 0 saturated carbocycles. The molecule has 0 aromatic heterocycles. The minimum Gasteiger partial charge on any atom is -0.385 e. The second kappa shape index (κ2) is 5.77. The lowest BCUT2D eigenvalue weighted by Crippen LogP contribution is -2.24. The van der Waals surface area contributed by atoms with Crippen LogP contribution in [0.4, 0.5) is 0 Å². The van der Waals surface area contributed by atoms with E-state index in [4.69, 9.17) is 9.47 Å². The Morgan fingerprint density at radius 1 is 0.857 bits per heavy atom. The third kappa shape index (κ3) is 12.0. The summed E-state index contributed by atoms with van der Waals surface area (Å²) in [5.41, 5.74) is -0.0693. The van der Waals surface area contributed by atoms with Crippen molar-refractivity contribution < 1.29 is 9.47 Å². The molecule has 0 rings (SSSR count). The van der Waals surface area contributed by atoms with Crippen molar-refractivity contribution in [1.82, 2.24) is 0 Å². The normalized spacial score (nSPS) is 13.0. The molecule has 14 heavy (non-hydrogen) atoms. The molecule has 1 radical (unpaired) electrons. The highest BCUT2D eigenvalue weighted by atomic mass is 16.5. The fraction of sp³-hybridized carbons (Fsp3) is 1.00. The minimum absolute atomic E-state index is 0.0290. The largest absolute Gasteiger partial charge is 0.385 e. The van der Waals surface area contributed by atoms with E-state index in [1.165, 1.54) is 0 Å². The summed E-state index contributed by atoms with van der Waals surface area (Å²) in [5, 5.41) is 0. The van der Waals surface area contributed by atoms with Crippen LogP contribution >= 0.6 is 0 Å². The van der Waals surface area contributed by atoms with Gasteiger partial charge in [0, 0.05) is 13.1 Å². The van der Waals surface area contributed by atoms with Crippen molar-refractivity contribution in [1.29, 1.82) is 0 Å². The summed E-state index contributed by atoms with van der Waals surface area (Å²) in [7, 11) is 2.12. The number of ether oxygens (including phenoxy) is 2. The van der Waals surface area contributed by atoms with Crippen molar-refractivity contribution in [3.05, 3.63) is 0 Å². The van der Waals surface area contributed by atoms with Crippen molar-refractivity contribution in [2.24, 2.45) is 0 Å². The Hall–Kier alpha value is -0.0151. The van der Waals surface area contributed by atoms with E-state index >= 15 is 0 Å². The zero-order valence-electron chi connectivity index (χ0n) is 10.5. The Kier molecular flexibility index (Phi) is 5.76. The molecule has 0 atom stereocenters. The lowest BCUT2D eigenvalue weighted by molar-refractivity contribution is 0.00332. The van der Waals surface area contributed by atoms with Crippen molar-refractivity contribution in [3.63, 3.8) is 0 Å². The zero-order valence-corrected chi connectivity index (χ0v) is 10.5. The Morgan fingerprint density at radius 2 is 1.36 bits per heavy atom. The smallest absolute Gasteiger partial charge is 0.147 e. The Morgan fingerprint density at radius 3 is 1.79 bits per heavy atom. The van der Waals surface area contributed by atoms with Crippen molar-refractivity contribution in [2.45, 2.75) is 59.1 Å². The van der Waals surface area contributed by atoms with E-state index in [1.807, 2.05) is 0 Å². The van der Waals surface area contributed by atoms with Crippen molar-refractivity contribution in [3.8, 4) is 0 Å². The molecule has 0 aromatic rings. The van der Waals surface area contributed by atoms with Crippen LogP contribution in [-0.2, 0) is 9.47 Å². The summed E-state index contributed by atoms with van der Waals surface area (Å²) in [5.74, 6) is 0. The molecule has 0 bridgehead atoms. The van der Waals surface area contributed by atoms with Crippen molar-refractivity contribution >= 4 is 7.28 Å². The Labute approximate surface area is 89.6 Å². The second-order valence-electron chi connectivity index (χ2n) is 5.46. The van der Waals surface area contributed by atoms with Gasteiger partial charge in [0.25, 0.3) is 0 Å². The Bertz CT molecular complexity index is 126. The molecular weight excluding hydrogens is 175 g/mol. The van der Waals surface area contributed by atoms with E-state index in [-0.39, 0.29) is 11.2 Å². The van der Waals surface area contributed by atoms with Crippen molar-refractivity contribution in [2.75, 3.05) is 13.1 Å². The van der Waals surface area contributed by atoms with Gasteiger partial charge in [-0.15, -0.1) is 0 Å². The molecule has 0 spiro atoms. The molecule has 0 aliphatic rings. The van der Waals surface area contributed by atoms with Crippen LogP contribution in [0.15, 0.2) is 0 Å². The van der Waals surface area contributed by atoms with Gasteiger partial charge in [0.1, 0.15) is 7.28 Å². The molecule has 0 heterocycles. The number of hydrogen-bond acceptors (Lipinski definition) is 2. The first-order valence-corrected chi connectivity index (χ1v) is 5.30. The van der Waals surface area contributed by atoms with Crippen LogP contribution in [-0.4, -0.2) is 31.6 Å². The van der Waals surface area contributed by atoms with Gasteiger partial charge in [-0.1, -0.05) is 6.32 Å². The van der Waals surface area contributed by atoms with Gasteiger partial charge in [-0.25, -0.2) is 0 Å². The zero-order chi connectivity index (χ0) is 11.2. The van der Waals surface area contributed by atoms with E-state index in [0.717, 1.165) is 12.9 Å². The highest BCUT2D eigenvalue weighted by Crippen LogP contribution is 2.08. The highest BCUT2D eigenvalue weighted by Gasteiger charge is 2.11. The van der Waals surface area contributed by atoms with Gasteiger partial charge in [0.2, 0.25) is 0 Å². The van der Waals surface area contributed by atoms with Crippen LogP contribution in [0.1, 0.15) is 41.5 Å². The fourth-order valence-corrected chi connectivity index (χ4v) is 0.841. The molecule has 0 unspecified atom stereocenters. The first-order valence-electron chi connectivity index (χ1n) is 5.30. The SMILES string of the molecule is CC(C)(C)OC[B]CCOC(C)(C)C. The maximum atomic E-state index is 5.57. The van der Waals surface area contributed by atoms with Crippen LogP contribution in [0.2, 0.25) is 6.32 Å². The first-order chi connectivity index (χ1) is 6.21. The molecule has 0 aliphatic carbocycles. The van der Waals surface area contributed by atoms with Gasteiger partial charge in [-0.2, -0.15) is 0 Å². The predicted octanol–water partition coefficient (Wildman–Crippen LogP) is 2.70. The van der Waals surface area contributed by atoms with Crippen LogP contribution in [0.25, 0.3) is 0 Å². The van der Waals surface area contributed by atoms with Gasteiger partial charge >= 0.3 is 0 Å². The number of rotatable bonds is 5. The molecule has 2 nitrogen and oxygen atoms in total. The van der Waals surface area contributed by atoms with Gasteiger partial charge < -0.3 is 9.47 Å². The molecule has 3 heteroatoms. The molecule has 0 fully saturated rings. The maximum absolute atomic E-state index is 5.57. The molecule has 0 saturated heterocycles. The number of hydrogen-bond donors (Lipinski definition) is 0. The fourth-order valence-electron chi connectivity index (χ4n) is 0.841. The topological polar surface area (TPSA) is 18.5 Å². The lowest BCUT2D eigenvalue weighted by Gasteiger charge is -2.21. The van der Waals surface area contributed by atoms with E-state index in [1.54, 1.807) is 0 Å². The van der Waals surface area contributed by atoms with E-state index < -0.39 is 0 Å². The van der Waals surface area contributed by atoms with Gasteiger partial charge in [0.15, 0.2) is 0 Å². The average molecular weight is 199 g/mol. The molecule has 83 valence electrons. The minimum atomic E-state index is -0.0403. The van der Waals surface area contributed by atoms with E-state index in [9.17, 15) is 0 Å². The lowest BCUT2D eigenvalue weighted by atomic mass is 9.76. The average Bonchev–Trinajstić information content (AvgIpc) is 1.92. The second-order valence-corrected chi connectivity index (χ2v) is 5.46. The van der Waals surface area contributed by atoms with E-state index in [0.29, 0.717) is 6.51 Å².